The molecular formula is C20H24N2O3. The van der Waals surface area contributed by atoms with Gasteiger partial charge in [0.2, 0.25) is 5.91 Å². The maximum Gasteiger partial charge on any atom is 0.291 e. The first-order valence-corrected chi connectivity index (χ1v) is 8.95. The zero-order valence-electron chi connectivity index (χ0n) is 14.3. The Bertz CT molecular complexity index is 703. The van der Waals surface area contributed by atoms with Gasteiger partial charge in [0, 0.05) is 17.8 Å². The SMILES string of the molecule is O=C(CCC1CCCCC1)Nc1cccc(NC(=O)c2ccco2)c1. The molecule has 5 nitrogen and oxygen atoms in total. The highest BCUT2D eigenvalue weighted by molar-refractivity contribution is 6.02. The van der Waals surface area contributed by atoms with Gasteiger partial charge < -0.3 is 15.1 Å². The van der Waals surface area contributed by atoms with Crippen LogP contribution in [0.15, 0.2) is 47.1 Å². The molecule has 2 N–H and O–H groups in total. The fourth-order valence-corrected chi connectivity index (χ4v) is 3.31. The Labute approximate surface area is 147 Å². The van der Waals surface area contributed by atoms with Gasteiger partial charge in [-0.1, -0.05) is 38.2 Å². The smallest absolute Gasteiger partial charge is 0.291 e. The predicted octanol–water partition coefficient (Wildman–Crippen LogP) is 4.83. The second-order valence-corrected chi connectivity index (χ2v) is 6.60. The van der Waals surface area contributed by atoms with Crippen LogP contribution in [-0.4, -0.2) is 11.8 Å². The molecule has 0 atom stereocenters. The van der Waals surface area contributed by atoms with Crippen molar-refractivity contribution in [2.45, 2.75) is 44.9 Å². The average molecular weight is 340 g/mol. The van der Waals surface area contributed by atoms with E-state index in [9.17, 15) is 9.59 Å². The lowest BCUT2D eigenvalue weighted by molar-refractivity contribution is -0.116. The van der Waals surface area contributed by atoms with Crippen LogP contribution in [-0.2, 0) is 4.79 Å². The van der Waals surface area contributed by atoms with E-state index in [0.717, 1.165) is 6.42 Å². The number of amides is 2. The van der Waals surface area contributed by atoms with Gasteiger partial charge in [0.15, 0.2) is 5.76 Å². The molecule has 0 spiro atoms. The van der Waals surface area contributed by atoms with Crippen molar-refractivity contribution in [2.75, 3.05) is 10.6 Å². The second kappa shape index (κ2) is 8.51. The van der Waals surface area contributed by atoms with Gasteiger partial charge in [-0.3, -0.25) is 9.59 Å². The van der Waals surface area contributed by atoms with Crippen molar-refractivity contribution in [2.24, 2.45) is 5.92 Å². The van der Waals surface area contributed by atoms with Gasteiger partial charge in [-0.2, -0.15) is 0 Å². The van der Waals surface area contributed by atoms with Gasteiger partial charge in [0.1, 0.15) is 0 Å². The van der Waals surface area contributed by atoms with Crippen LogP contribution in [0.2, 0.25) is 0 Å². The van der Waals surface area contributed by atoms with Crippen LogP contribution in [0.1, 0.15) is 55.5 Å². The molecule has 2 amide bonds. The molecule has 1 aliphatic carbocycles. The largest absolute Gasteiger partial charge is 0.459 e. The van der Waals surface area contributed by atoms with Crippen LogP contribution in [0, 0.1) is 5.92 Å². The number of benzene rings is 1. The van der Waals surface area contributed by atoms with E-state index in [2.05, 4.69) is 10.6 Å². The van der Waals surface area contributed by atoms with Crippen LogP contribution >= 0.6 is 0 Å². The number of anilines is 2. The summed E-state index contributed by atoms with van der Waals surface area (Å²) >= 11 is 0. The zero-order valence-corrected chi connectivity index (χ0v) is 14.3. The average Bonchev–Trinajstić information content (AvgIpc) is 3.16. The normalized spacial score (nSPS) is 14.9. The summed E-state index contributed by atoms with van der Waals surface area (Å²) in [5.74, 6) is 0.659. The minimum absolute atomic E-state index is 0.0279. The van der Waals surface area contributed by atoms with Crippen molar-refractivity contribution in [1.29, 1.82) is 0 Å². The molecule has 25 heavy (non-hydrogen) atoms. The Morgan fingerprint density at radius 2 is 1.76 bits per heavy atom. The van der Waals surface area contributed by atoms with E-state index in [4.69, 9.17) is 4.42 Å². The predicted molar refractivity (Wildman–Crippen MR) is 97.5 cm³/mol. The van der Waals surface area contributed by atoms with Gasteiger partial charge in [-0.05, 0) is 42.7 Å². The van der Waals surface area contributed by atoms with E-state index in [1.54, 1.807) is 30.3 Å². The standard InChI is InChI=1S/C20H24N2O3/c23-19(12-11-15-6-2-1-3-7-15)21-16-8-4-9-17(14-16)22-20(24)18-10-5-13-25-18/h4-5,8-10,13-15H,1-3,6-7,11-12H2,(H,21,23)(H,22,24). The van der Waals surface area contributed by atoms with Gasteiger partial charge in [-0.25, -0.2) is 0 Å². The fraction of sp³-hybridized carbons (Fsp3) is 0.400. The highest BCUT2D eigenvalue weighted by Crippen LogP contribution is 2.27. The molecule has 0 radical (unpaired) electrons. The Morgan fingerprint density at radius 1 is 1.00 bits per heavy atom. The third-order valence-corrected chi connectivity index (χ3v) is 4.65. The molecule has 0 saturated heterocycles. The number of nitrogens with one attached hydrogen (secondary N) is 2. The summed E-state index contributed by atoms with van der Waals surface area (Å²) < 4.78 is 5.07. The third-order valence-electron chi connectivity index (χ3n) is 4.65. The Balaban J connectivity index is 1.50. The van der Waals surface area contributed by atoms with Gasteiger partial charge >= 0.3 is 0 Å². The van der Waals surface area contributed by atoms with Crippen LogP contribution in [0.25, 0.3) is 0 Å². The monoisotopic (exact) mass is 340 g/mol. The van der Waals surface area contributed by atoms with Crippen LogP contribution in [0.4, 0.5) is 11.4 Å². The Kier molecular flexibility index (Phi) is 5.88. The molecule has 5 heteroatoms. The minimum Gasteiger partial charge on any atom is -0.459 e. The van der Waals surface area contributed by atoms with Crippen molar-refractivity contribution >= 4 is 23.2 Å². The number of rotatable bonds is 6. The molecule has 3 rings (SSSR count). The summed E-state index contributed by atoms with van der Waals surface area (Å²) in [5, 5.41) is 5.67. The Morgan fingerprint density at radius 3 is 2.48 bits per heavy atom. The van der Waals surface area contributed by atoms with Crippen molar-refractivity contribution in [3.63, 3.8) is 0 Å². The number of hydrogen-bond donors (Lipinski definition) is 2. The molecule has 0 unspecified atom stereocenters. The zero-order chi connectivity index (χ0) is 17.5. The first-order chi connectivity index (χ1) is 12.2. The molecule has 1 fully saturated rings. The Hall–Kier alpha value is -2.56. The van der Waals surface area contributed by atoms with Gasteiger partial charge in [-0.15, -0.1) is 0 Å². The summed E-state index contributed by atoms with van der Waals surface area (Å²) in [5.41, 5.74) is 1.30. The van der Waals surface area contributed by atoms with Crippen molar-refractivity contribution < 1.29 is 14.0 Å². The number of hydrogen-bond acceptors (Lipinski definition) is 3. The first-order valence-electron chi connectivity index (χ1n) is 8.95. The summed E-state index contributed by atoms with van der Waals surface area (Å²) in [6.07, 6.45) is 9.39. The van der Waals surface area contributed by atoms with E-state index in [1.165, 1.54) is 38.4 Å². The molecule has 2 aromatic rings. The van der Waals surface area contributed by atoms with E-state index in [0.29, 0.717) is 23.7 Å². The van der Waals surface area contributed by atoms with Gasteiger partial charge in [0.25, 0.3) is 5.91 Å². The summed E-state index contributed by atoms with van der Waals surface area (Å²) in [6.45, 7) is 0. The number of carbonyl (C=O) groups is 2. The number of carbonyl (C=O) groups excluding carboxylic acids is 2. The van der Waals surface area contributed by atoms with Crippen molar-refractivity contribution in [3.8, 4) is 0 Å². The lowest BCUT2D eigenvalue weighted by Gasteiger charge is -2.21. The third kappa shape index (κ3) is 5.21. The maximum atomic E-state index is 12.2. The van der Waals surface area contributed by atoms with E-state index >= 15 is 0 Å². The highest BCUT2D eigenvalue weighted by atomic mass is 16.3. The van der Waals surface area contributed by atoms with Gasteiger partial charge in [0.05, 0.1) is 6.26 Å². The summed E-state index contributed by atoms with van der Waals surface area (Å²) in [6, 6.07) is 10.4. The first kappa shape index (κ1) is 17.3. The van der Waals surface area contributed by atoms with Crippen molar-refractivity contribution in [1.82, 2.24) is 0 Å². The minimum atomic E-state index is -0.314. The molecule has 1 heterocycles. The fourth-order valence-electron chi connectivity index (χ4n) is 3.31. The van der Waals surface area contributed by atoms with Crippen molar-refractivity contribution in [3.05, 3.63) is 48.4 Å². The number of furan rings is 1. The quantitative estimate of drug-likeness (QED) is 0.791. The molecule has 0 bridgehead atoms. The van der Waals surface area contributed by atoms with E-state index < -0.39 is 0 Å². The lowest BCUT2D eigenvalue weighted by atomic mass is 9.86. The molecule has 0 aliphatic heterocycles. The van der Waals surface area contributed by atoms with E-state index in [-0.39, 0.29) is 17.6 Å². The van der Waals surface area contributed by atoms with Crippen LogP contribution in [0.5, 0.6) is 0 Å². The molecular weight excluding hydrogens is 316 g/mol. The summed E-state index contributed by atoms with van der Waals surface area (Å²) in [4.78, 5) is 24.2. The highest BCUT2D eigenvalue weighted by Gasteiger charge is 2.15. The second-order valence-electron chi connectivity index (χ2n) is 6.60. The molecule has 1 aromatic carbocycles. The van der Waals surface area contributed by atoms with Crippen LogP contribution < -0.4 is 10.6 Å². The maximum absolute atomic E-state index is 12.2. The summed E-state index contributed by atoms with van der Waals surface area (Å²) in [7, 11) is 0. The lowest BCUT2D eigenvalue weighted by Crippen LogP contribution is -2.15. The topological polar surface area (TPSA) is 71.3 Å². The molecule has 1 saturated carbocycles. The van der Waals surface area contributed by atoms with E-state index in [1.807, 2.05) is 6.07 Å². The molecule has 1 aromatic heterocycles. The molecule has 132 valence electrons. The molecule has 1 aliphatic rings. The van der Waals surface area contributed by atoms with Crippen LogP contribution in [0.3, 0.4) is 0 Å².